The van der Waals surface area contributed by atoms with Crippen molar-refractivity contribution in [3.05, 3.63) is 48.0 Å². The van der Waals surface area contributed by atoms with Crippen LogP contribution in [0.15, 0.2) is 42.5 Å². The first-order valence-corrected chi connectivity index (χ1v) is 8.25. The highest BCUT2D eigenvalue weighted by Crippen LogP contribution is 2.34. The number of rotatable bonds is 3. The van der Waals surface area contributed by atoms with E-state index in [1.807, 2.05) is 24.3 Å². The van der Waals surface area contributed by atoms with Gasteiger partial charge in [-0.15, -0.1) is 0 Å². The first-order chi connectivity index (χ1) is 12.2. The molecule has 25 heavy (non-hydrogen) atoms. The van der Waals surface area contributed by atoms with E-state index in [0.717, 1.165) is 5.75 Å². The number of nitrogens with zero attached hydrogens (tertiary/aromatic N) is 1. The molecule has 2 aliphatic heterocycles. The number of hydrogen-bond acceptors (Lipinski definition) is 5. The molecule has 2 aromatic rings. The molecule has 2 aromatic carbocycles. The third-order valence-electron chi connectivity index (χ3n) is 4.19. The third kappa shape index (κ3) is 3.07. The fourth-order valence-corrected chi connectivity index (χ4v) is 2.99. The molecule has 0 unspecified atom stereocenters. The van der Waals surface area contributed by atoms with Crippen molar-refractivity contribution in [2.45, 2.75) is 6.10 Å². The first-order valence-electron chi connectivity index (χ1n) is 8.25. The normalized spacial score (nSPS) is 17.7. The monoisotopic (exact) mass is 341 g/mol. The Kier molecular flexibility index (Phi) is 4.09. The molecule has 130 valence electrons. The molecule has 1 atom stereocenters. The lowest BCUT2D eigenvalue weighted by Gasteiger charge is -2.30. The Bertz CT molecular complexity index is 791. The van der Waals surface area contributed by atoms with Gasteiger partial charge in [0.15, 0.2) is 29.1 Å². The lowest BCUT2D eigenvalue weighted by Crippen LogP contribution is -2.42. The summed E-state index contributed by atoms with van der Waals surface area (Å²) in [5.74, 6) is 2.42. The van der Waals surface area contributed by atoms with Crippen LogP contribution in [0.4, 0.5) is 0 Å². The van der Waals surface area contributed by atoms with Gasteiger partial charge in [-0.25, -0.2) is 0 Å². The lowest BCUT2D eigenvalue weighted by atomic mass is 10.1. The second kappa shape index (κ2) is 6.55. The zero-order chi connectivity index (χ0) is 17.2. The Morgan fingerprint density at radius 3 is 2.64 bits per heavy atom. The maximum atomic E-state index is 12.8. The molecule has 6 nitrogen and oxygen atoms in total. The zero-order valence-corrected chi connectivity index (χ0v) is 13.9. The third-order valence-corrected chi connectivity index (χ3v) is 4.19. The minimum atomic E-state index is -0.222. The minimum absolute atomic E-state index is 0.134. The highest BCUT2D eigenvalue weighted by molar-refractivity contribution is 5.97. The Morgan fingerprint density at radius 2 is 1.76 bits per heavy atom. The van der Waals surface area contributed by atoms with Gasteiger partial charge >= 0.3 is 0 Å². The minimum Gasteiger partial charge on any atom is -0.486 e. The van der Waals surface area contributed by atoms with Crippen LogP contribution in [0.25, 0.3) is 0 Å². The van der Waals surface area contributed by atoms with Crippen LogP contribution < -0.4 is 18.9 Å². The summed E-state index contributed by atoms with van der Waals surface area (Å²) < 4.78 is 22.8. The number of likely N-dealkylation sites (N-methyl/N-ethyl adjacent to an activating group) is 1. The van der Waals surface area contributed by atoms with Crippen LogP contribution in [0.2, 0.25) is 0 Å². The fourth-order valence-electron chi connectivity index (χ4n) is 2.99. The van der Waals surface area contributed by atoms with Crippen LogP contribution in [0, 0.1) is 0 Å². The van der Waals surface area contributed by atoms with E-state index in [1.54, 1.807) is 30.1 Å². The van der Waals surface area contributed by atoms with Crippen LogP contribution in [0.1, 0.15) is 10.4 Å². The number of ether oxygens (including phenoxy) is 4. The van der Waals surface area contributed by atoms with Gasteiger partial charge in [-0.2, -0.15) is 0 Å². The molecule has 2 aliphatic rings. The summed E-state index contributed by atoms with van der Waals surface area (Å²) in [4.78, 5) is 14.5. The van der Waals surface area contributed by atoms with E-state index in [9.17, 15) is 4.79 Å². The van der Waals surface area contributed by atoms with Gasteiger partial charge in [-0.1, -0.05) is 18.2 Å². The predicted molar refractivity (Wildman–Crippen MR) is 90.7 cm³/mol. The van der Waals surface area contributed by atoms with E-state index < -0.39 is 0 Å². The quantitative estimate of drug-likeness (QED) is 0.858. The Morgan fingerprint density at radius 1 is 1.00 bits per heavy atom. The number of fused-ring (bicyclic) bond motifs is 2. The standard InChI is InChI=1S/C19H19NO5/c1-20(11-13-12-24-15-6-2-3-7-16(15)25-13)19(21)14-5-4-8-17-18(14)23-10-9-22-17/h2-8,13H,9-12H2,1H3/t13-/m1/s1. The second-order valence-electron chi connectivity index (χ2n) is 6.01. The molecule has 4 rings (SSSR count). The van der Waals surface area contributed by atoms with Crippen LogP contribution in [0.5, 0.6) is 23.0 Å². The van der Waals surface area contributed by atoms with Crippen molar-refractivity contribution in [2.24, 2.45) is 0 Å². The van der Waals surface area contributed by atoms with Crippen molar-refractivity contribution in [1.29, 1.82) is 0 Å². The van der Waals surface area contributed by atoms with Crippen LogP contribution >= 0.6 is 0 Å². The van der Waals surface area contributed by atoms with Crippen molar-refractivity contribution in [1.82, 2.24) is 4.90 Å². The summed E-state index contributed by atoms with van der Waals surface area (Å²) in [6.45, 7) is 1.75. The van der Waals surface area contributed by atoms with Crippen molar-refractivity contribution >= 4 is 5.91 Å². The van der Waals surface area contributed by atoms with Crippen molar-refractivity contribution in [3.63, 3.8) is 0 Å². The number of benzene rings is 2. The number of amides is 1. The predicted octanol–water partition coefficient (Wildman–Crippen LogP) is 2.37. The second-order valence-corrected chi connectivity index (χ2v) is 6.01. The van der Waals surface area contributed by atoms with Gasteiger partial charge in [0.1, 0.15) is 19.8 Å². The van der Waals surface area contributed by atoms with Gasteiger partial charge in [0.05, 0.1) is 12.1 Å². The molecule has 2 heterocycles. The number of hydrogen-bond donors (Lipinski definition) is 0. The topological polar surface area (TPSA) is 57.2 Å². The molecule has 0 saturated heterocycles. The van der Waals surface area contributed by atoms with E-state index in [1.165, 1.54) is 0 Å². The van der Waals surface area contributed by atoms with Crippen molar-refractivity contribution in [3.8, 4) is 23.0 Å². The first kappa shape index (κ1) is 15.6. The summed E-state index contributed by atoms with van der Waals surface area (Å²) in [7, 11) is 1.75. The summed E-state index contributed by atoms with van der Waals surface area (Å²) >= 11 is 0. The van der Waals surface area contributed by atoms with Crippen LogP contribution in [-0.4, -0.2) is 50.3 Å². The number of carbonyl (C=O) groups is 1. The Labute approximate surface area is 145 Å². The van der Waals surface area contributed by atoms with E-state index in [2.05, 4.69) is 0 Å². The average Bonchev–Trinajstić information content (AvgIpc) is 2.67. The highest BCUT2D eigenvalue weighted by atomic mass is 16.6. The molecular formula is C19H19NO5. The summed E-state index contributed by atoms with van der Waals surface area (Å²) in [5.41, 5.74) is 0.497. The highest BCUT2D eigenvalue weighted by Gasteiger charge is 2.27. The molecule has 0 bridgehead atoms. The molecule has 0 spiro atoms. The van der Waals surface area contributed by atoms with Crippen molar-refractivity contribution < 1.29 is 23.7 Å². The summed E-state index contributed by atoms with van der Waals surface area (Å²) in [6.07, 6.45) is -0.222. The molecule has 0 N–H and O–H groups in total. The Balaban J connectivity index is 1.47. The smallest absolute Gasteiger partial charge is 0.257 e. The van der Waals surface area contributed by atoms with E-state index in [-0.39, 0.29) is 12.0 Å². The summed E-state index contributed by atoms with van der Waals surface area (Å²) in [5, 5.41) is 0. The molecule has 0 aromatic heterocycles. The van der Waals surface area contributed by atoms with Gasteiger partial charge in [0.25, 0.3) is 5.91 Å². The maximum Gasteiger partial charge on any atom is 0.257 e. The van der Waals surface area contributed by atoms with Gasteiger partial charge < -0.3 is 23.8 Å². The van der Waals surface area contributed by atoms with Crippen LogP contribution in [0.3, 0.4) is 0 Å². The Hall–Kier alpha value is -2.89. The van der Waals surface area contributed by atoms with Crippen LogP contribution in [-0.2, 0) is 0 Å². The molecule has 0 fully saturated rings. The van der Waals surface area contributed by atoms with Gasteiger partial charge in [0.2, 0.25) is 0 Å². The van der Waals surface area contributed by atoms with Gasteiger partial charge in [-0.3, -0.25) is 4.79 Å². The molecule has 0 saturated carbocycles. The molecular weight excluding hydrogens is 322 g/mol. The van der Waals surface area contributed by atoms with Gasteiger partial charge in [0, 0.05) is 7.05 Å². The van der Waals surface area contributed by atoms with E-state index >= 15 is 0 Å². The zero-order valence-electron chi connectivity index (χ0n) is 13.9. The number of carbonyl (C=O) groups excluding carboxylic acids is 1. The van der Waals surface area contributed by atoms with E-state index in [0.29, 0.717) is 49.2 Å². The average molecular weight is 341 g/mol. The SMILES string of the molecule is CN(C[C@@H]1COc2ccccc2O1)C(=O)c1cccc2c1OCCO2. The lowest BCUT2D eigenvalue weighted by molar-refractivity contribution is 0.0516. The summed E-state index contributed by atoms with van der Waals surface area (Å²) in [6, 6.07) is 12.9. The molecule has 0 aliphatic carbocycles. The molecule has 0 radical (unpaired) electrons. The van der Waals surface area contributed by atoms with Crippen molar-refractivity contribution in [2.75, 3.05) is 33.4 Å². The van der Waals surface area contributed by atoms with E-state index in [4.69, 9.17) is 18.9 Å². The molecule has 1 amide bonds. The largest absolute Gasteiger partial charge is 0.486 e. The maximum absolute atomic E-state index is 12.8. The number of para-hydroxylation sites is 3. The fraction of sp³-hybridized carbons (Fsp3) is 0.316. The van der Waals surface area contributed by atoms with Gasteiger partial charge in [-0.05, 0) is 24.3 Å². The molecule has 6 heteroatoms.